The molecule has 0 heterocycles. The van der Waals surface area contributed by atoms with Crippen molar-refractivity contribution in [3.8, 4) is 23.3 Å². The highest BCUT2D eigenvalue weighted by Crippen LogP contribution is 2.38. The number of nitro benzene ring substituents is 1. The smallest absolute Gasteiger partial charge is 0.273 e. The molecule has 0 radical (unpaired) electrons. The third-order valence-electron chi connectivity index (χ3n) is 4.70. The van der Waals surface area contributed by atoms with E-state index in [9.17, 15) is 29.7 Å². The molecule has 0 spiro atoms. The van der Waals surface area contributed by atoms with Gasteiger partial charge in [-0.1, -0.05) is 18.2 Å². The maximum absolute atomic E-state index is 13.9. The number of non-ortho nitro benzene ring substituents is 1. The summed E-state index contributed by atoms with van der Waals surface area (Å²) < 4.78 is 25.4. The van der Waals surface area contributed by atoms with Crippen molar-refractivity contribution >= 4 is 39.3 Å². The first kappa shape index (κ1) is 25.2. The second-order valence-electron chi connectivity index (χ2n) is 7.00. The van der Waals surface area contributed by atoms with E-state index in [2.05, 4.69) is 21.2 Å². The number of nitrogens with zero attached hydrogens (tertiary/aromatic N) is 2. The third-order valence-corrected chi connectivity index (χ3v) is 5.29. The minimum absolute atomic E-state index is 0.0542. The Kier molecular flexibility index (Phi) is 8.01. The number of methoxy groups -OCH3 is 1. The molecule has 1 amide bonds. The molecular formula is C24H17BrFN3O6. The molecular weight excluding hydrogens is 525 g/mol. The first-order valence-electron chi connectivity index (χ1n) is 9.87. The fraction of sp³-hybridized carbons (Fsp3) is 0.0833. The van der Waals surface area contributed by atoms with Gasteiger partial charge in [0.25, 0.3) is 11.6 Å². The molecule has 0 aromatic heterocycles. The first-order chi connectivity index (χ1) is 16.7. The van der Waals surface area contributed by atoms with Crippen LogP contribution in [0, 0.1) is 27.3 Å². The Morgan fingerprint density at radius 2 is 2.03 bits per heavy atom. The van der Waals surface area contributed by atoms with E-state index in [0.29, 0.717) is 21.3 Å². The molecule has 3 aromatic carbocycles. The number of hydrogen-bond acceptors (Lipinski definition) is 7. The summed E-state index contributed by atoms with van der Waals surface area (Å²) in [5, 5.41) is 32.5. The number of aromatic hydroxyl groups is 1. The van der Waals surface area contributed by atoms with Gasteiger partial charge in [0, 0.05) is 11.6 Å². The van der Waals surface area contributed by atoms with E-state index < -0.39 is 22.4 Å². The molecule has 11 heteroatoms. The van der Waals surface area contributed by atoms with E-state index >= 15 is 0 Å². The molecule has 2 N–H and O–H groups in total. The van der Waals surface area contributed by atoms with Crippen LogP contribution >= 0.6 is 15.9 Å². The lowest BCUT2D eigenvalue weighted by Gasteiger charge is -2.14. The fourth-order valence-corrected chi connectivity index (χ4v) is 3.55. The number of halogens is 2. The SMILES string of the molecule is COc1cc(/C=C(/C#N)C(=O)Nc2ccc([N+](=O)[O-])cc2O)cc(Br)c1OCc1ccccc1F. The number of benzene rings is 3. The van der Waals surface area contributed by atoms with Crippen LogP contribution in [0.2, 0.25) is 0 Å². The van der Waals surface area contributed by atoms with Gasteiger partial charge in [-0.05, 0) is 51.8 Å². The number of amides is 1. The lowest BCUT2D eigenvalue weighted by Crippen LogP contribution is -2.13. The molecule has 3 rings (SSSR count). The highest BCUT2D eigenvalue weighted by Gasteiger charge is 2.17. The van der Waals surface area contributed by atoms with Gasteiger partial charge in [-0.25, -0.2) is 4.39 Å². The quantitative estimate of drug-likeness (QED) is 0.129. The van der Waals surface area contributed by atoms with Gasteiger partial charge in [-0.3, -0.25) is 14.9 Å². The van der Waals surface area contributed by atoms with Crippen LogP contribution in [0.5, 0.6) is 17.2 Å². The molecule has 0 aliphatic carbocycles. The molecule has 0 saturated carbocycles. The molecule has 3 aromatic rings. The van der Waals surface area contributed by atoms with Gasteiger partial charge in [0.1, 0.15) is 29.8 Å². The van der Waals surface area contributed by atoms with Crippen LogP contribution in [-0.4, -0.2) is 23.0 Å². The minimum atomic E-state index is -0.841. The van der Waals surface area contributed by atoms with Gasteiger partial charge in [0.15, 0.2) is 11.5 Å². The standard InChI is InChI=1S/C24H17BrFN3O6/c1-34-22-10-14(9-18(25)23(22)35-13-15-4-2-3-5-19(15)26)8-16(12-27)24(31)28-20-7-6-17(29(32)33)11-21(20)30/h2-11,30H,13H2,1H3,(H,28,31)/b16-8-. The van der Waals surface area contributed by atoms with Crippen molar-refractivity contribution < 1.29 is 28.7 Å². The van der Waals surface area contributed by atoms with E-state index in [-0.39, 0.29) is 29.3 Å². The van der Waals surface area contributed by atoms with Crippen LogP contribution < -0.4 is 14.8 Å². The minimum Gasteiger partial charge on any atom is -0.506 e. The van der Waals surface area contributed by atoms with Crippen molar-refractivity contribution in [2.24, 2.45) is 0 Å². The van der Waals surface area contributed by atoms with E-state index in [0.717, 1.165) is 18.2 Å². The van der Waals surface area contributed by atoms with Gasteiger partial charge < -0.3 is 19.9 Å². The van der Waals surface area contributed by atoms with E-state index in [1.54, 1.807) is 30.3 Å². The highest BCUT2D eigenvalue weighted by atomic mass is 79.9. The van der Waals surface area contributed by atoms with Gasteiger partial charge >= 0.3 is 0 Å². The summed E-state index contributed by atoms with van der Waals surface area (Å²) in [6.45, 7) is -0.0542. The largest absolute Gasteiger partial charge is 0.506 e. The molecule has 35 heavy (non-hydrogen) atoms. The first-order valence-corrected chi connectivity index (χ1v) is 10.7. The zero-order valence-electron chi connectivity index (χ0n) is 18.1. The Bertz CT molecular complexity index is 1370. The summed E-state index contributed by atoms with van der Waals surface area (Å²) in [7, 11) is 1.40. The normalized spacial score (nSPS) is 10.9. The third kappa shape index (κ3) is 6.13. The predicted octanol–water partition coefficient (Wildman–Crippen LogP) is 5.34. The molecule has 0 atom stereocenters. The second kappa shape index (κ2) is 11.1. The topological polar surface area (TPSA) is 135 Å². The van der Waals surface area contributed by atoms with E-state index in [1.165, 1.54) is 25.3 Å². The summed E-state index contributed by atoms with van der Waals surface area (Å²) >= 11 is 3.36. The number of nitrogens with one attached hydrogen (secondary N) is 1. The number of phenols is 1. The maximum Gasteiger partial charge on any atom is 0.273 e. The molecule has 9 nitrogen and oxygen atoms in total. The number of nitriles is 1. The van der Waals surface area contributed by atoms with Crippen molar-refractivity contribution in [1.29, 1.82) is 5.26 Å². The van der Waals surface area contributed by atoms with Gasteiger partial charge in [0.05, 0.1) is 28.3 Å². The molecule has 0 aliphatic heterocycles. The Morgan fingerprint density at radius 1 is 1.29 bits per heavy atom. The predicted molar refractivity (Wildman–Crippen MR) is 128 cm³/mol. The number of rotatable bonds is 8. The number of ether oxygens (including phenoxy) is 2. The summed E-state index contributed by atoms with van der Waals surface area (Å²) in [5.41, 5.74) is -0.00473. The molecule has 0 aliphatic rings. The molecule has 0 bridgehead atoms. The lowest BCUT2D eigenvalue weighted by atomic mass is 10.1. The molecule has 0 saturated heterocycles. The number of carbonyl (C=O) groups excluding carboxylic acids is 1. The molecule has 0 unspecified atom stereocenters. The van der Waals surface area contributed by atoms with Crippen molar-refractivity contribution in [1.82, 2.24) is 0 Å². The number of nitro groups is 1. The van der Waals surface area contributed by atoms with Gasteiger partial charge in [-0.15, -0.1) is 0 Å². The van der Waals surface area contributed by atoms with Crippen LogP contribution in [0.3, 0.4) is 0 Å². The zero-order valence-corrected chi connectivity index (χ0v) is 19.7. The maximum atomic E-state index is 13.9. The molecule has 178 valence electrons. The fourth-order valence-electron chi connectivity index (χ4n) is 2.97. The summed E-state index contributed by atoms with van der Waals surface area (Å²) in [6, 6.07) is 14.2. The second-order valence-corrected chi connectivity index (χ2v) is 7.85. The van der Waals surface area contributed by atoms with Crippen LogP contribution in [0.25, 0.3) is 6.08 Å². The average molecular weight is 542 g/mol. The highest BCUT2D eigenvalue weighted by molar-refractivity contribution is 9.10. The summed E-state index contributed by atoms with van der Waals surface area (Å²) in [6.07, 6.45) is 1.28. The van der Waals surface area contributed by atoms with E-state index in [4.69, 9.17) is 9.47 Å². The number of hydrogen-bond donors (Lipinski definition) is 2. The van der Waals surface area contributed by atoms with Crippen molar-refractivity contribution in [3.05, 3.63) is 91.7 Å². The monoisotopic (exact) mass is 541 g/mol. The van der Waals surface area contributed by atoms with Crippen molar-refractivity contribution in [2.75, 3.05) is 12.4 Å². The number of carbonyl (C=O) groups is 1. The average Bonchev–Trinajstić information content (AvgIpc) is 2.83. The van der Waals surface area contributed by atoms with Crippen LogP contribution in [-0.2, 0) is 11.4 Å². The zero-order chi connectivity index (χ0) is 25.5. The Hall–Kier alpha value is -4.43. The van der Waals surface area contributed by atoms with Crippen LogP contribution in [0.15, 0.2) is 64.6 Å². The summed E-state index contributed by atoms with van der Waals surface area (Å²) in [4.78, 5) is 22.7. The Labute approximate surface area is 207 Å². The molecule has 0 fully saturated rings. The van der Waals surface area contributed by atoms with Gasteiger partial charge in [-0.2, -0.15) is 5.26 Å². The Morgan fingerprint density at radius 3 is 2.66 bits per heavy atom. The van der Waals surface area contributed by atoms with Crippen LogP contribution in [0.4, 0.5) is 15.8 Å². The van der Waals surface area contributed by atoms with Crippen molar-refractivity contribution in [2.45, 2.75) is 6.61 Å². The van der Waals surface area contributed by atoms with Gasteiger partial charge in [0.2, 0.25) is 0 Å². The van der Waals surface area contributed by atoms with Crippen molar-refractivity contribution in [3.63, 3.8) is 0 Å². The lowest BCUT2D eigenvalue weighted by molar-refractivity contribution is -0.384. The summed E-state index contributed by atoms with van der Waals surface area (Å²) in [5.74, 6) is -1.21. The Balaban J connectivity index is 1.83. The van der Waals surface area contributed by atoms with E-state index in [1.807, 2.05) is 0 Å². The number of anilines is 1. The van der Waals surface area contributed by atoms with Crippen LogP contribution in [0.1, 0.15) is 11.1 Å². The number of phenolic OH excluding ortho intramolecular Hbond substituents is 1.